The van der Waals surface area contributed by atoms with Crippen molar-refractivity contribution >= 4 is 11.7 Å². The molecule has 1 aliphatic carbocycles. The second-order valence-electron chi connectivity index (χ2n) is 4.65. The highest BCUT2D eigenvalue weighted by Gasteiger charge is 2.43. The van der Waals surface area contributed by atoms with E-state index in [2.05, 4.69) is 12.1 Å². The lowest BCUT2D eigenvalue weighted by Crippen LogP contribution is -2.35. The molecule has 1 saturated carbocycles. The molecule has 1 N–H and O–H groups in total. The molecule has 0 aromatic heterocycles. The largest absolute Gasteiger partial charge is 0.477 e. The van der Waals surface area contributed by atoms with Crippen molar-refractivity contribution in [3.8, 4) is 0 Å². The van der Waals surface area contributed by atoms with Gasteiger partial charge in [0.25, 0.3) is 0 Å². The van der Waals surface area contributed by atoms with Crippen molar-refractivity contribution in [2.24, 2.45) is 11.1 Å². The molecular weight excluding hydrogens is 194 g/mol. The molecule has 0 aromatic rings. The quantitative estimate of drug-likeness (QED) is 0.761. The summed E-state index contributed by atoms with van der Waals surface area (Å²) in [6.07, 6.45) is 5.87. The van der Waals surface area contributed by atoms with Gasteiger partial charge in [0, 0.05) is 6.42 Å². The SMILES string of the molecule is CCC1CCC2(CC1)CC(C(=O)O)=NO2. The number of oxime groups is 1. The van der Waals surface area contributed by atoms with Gasteiger partial charge in [-0.15, -0.1) is 0 Å². The monoisotopic (exact) mass is 211 g/mol. The topological polar surface area (TPSA) is 58.9 Å². The molecule has 0 bridgehead atoms. The maximum atomic E-state index is 10.7. The van der Waals surface area contributed by atoms with Gasteiger partial charge in [-0.25, -0.2) is 4.79 Å². The van der Waals surface area contributed by atoms with Crippen molar-refractivity contribution < 1.29 is 14.7 Å². The molecule has 4 heteroatoms. The van der Waals surface area contributed by atoms with Gasteiger partial charge < -0.3 is 9.94 Å². The number of carboxylic acids is 1. The summed E-state index contributed by atoms with van der Waals surface area (Å²) in [6, 6.07) is 0. The average Bonchev–Trinajstić information content (AvgIpc) is 2.64. The predicted octanol–water partition coefficient (Wildman–Crippen LogP) is 2.19. The number of aliphatic carboxylic acids is 1. The summed E-state index contributed by atoms with van der Waals surface area (Å²) in [6.45, 7) is 2.21. The van der Waals surface area contributed by atoms with Crippen LogP contribution in [0.4, 0.5) is 0 Å². The van der Waals surface area contributed by atoms with Crippen LogP contribution in [0.5, 0.6) is 0 Å². The zero-order valence-electron chi connectivity index (χ0n) is 9.03. The van der Waals surface area contributed by atoms with Crippen LogP contribution in [0.25, 0.3) is 0 Å². The Kier molecular flexibility index (Phi) is 2.67. The average molecular weight is 211 g/mol. The van der Waals surface area contributed by atoms with Crippen molar-refractivity contribution in [2.75, 3.05) is 0 Å². The molecule has 15 heavy (non-hydrogen) atoms. The summed E-state index contributed by atoms with van der Waals surface area (Å²) in [4.78, 5) is 16.1. The molecule has 1 fully saturated rings. The molecule has 0 amide bonds. The zero-order valence-corrected chi connectivity index (χ0v) is 9.03. The van der Waals surface area contributed by atoms with Gasteiger partial charge >= 0.3 is 5.97 Å². The Balaban J connectivity index is 1.94. The summed E-state index contributed by atoms with van der Waals surface area (Å²) >= 11 is 0. The molecule has 2 aliphatic rings. The maximum absolute atomic E-state index is 10.7. The Morgan fingerprint density at radius 2 is 2.27 bits per heavy atom. The van der Waals surface area contributed by atoms with Gasteiger partial charge in [0.2, 0.25) is 0 Å². The van der Waals surface area contributed by atoms with E-state index in [1.807, 2.05) is 0 Å². The van der Waals surface area contributed by atoms with Crippen LogP contribution in [-0.4, -0.2) is 22.4 Å². The fourth-order valence-corrected chi connectivity index (χ4v) is 2.52. The van der Waals surface area contributed by atoms with Crippen molar-refractivity contribution in [3.63, 3.8) is 0 Å². The predicted molar refractivity (Wildman–Crippen MR) is 55.8 cm³/mol. The number of hydrogen-bond acceptors (Lipinski definition) is 3. The summed E-state index contributed by atoms with van der Waals surface area (Å²) in [5.74, 6) is -0.155. The molecule has 0 unspecified atom stereocenters. The third-order valence-corrected chi connectivity index (χ3v) is 3.68. The molecule has 84 valence electrons. The maximum Gasteiger partial charge on any atom is 0.353 e. The van der Waals surface area contributed by atoms with Crippen molar-refractivity contribution in [1.82, 2.24) is 0 Å². The van der Waals surface area contributed by atoms with Crippen LogP contribution in [0.2, 0.25) is 0 Å². The number of hydrogen-bond donors (Lipinski definition) is 1. The molecule has 4 nitrogen and oxygen atoms in total. The third-order valence-electron chi connectivity index (χ3n) is 3.68. The van der Waals surface area contributed by atoms with Crippen LogP contribution in [0.15, 0.2) is 5.16 Å². The van der Waals surface area contributed by atoms with Crippen LogP contribution in [-0.2, 0) is 9.63 Å². The van der Waals surface area contributed by atoms with Crippen LogP contribution in [0.1, 0.15) is 45.4 Å². The first-order chi connectivity index (χ1) is 7.15. The van der Waals surface area contributed by atoms with Gasteiger partial charge in [-0.2, -0.15) is 0 Å². The third kappa shape index (κ3) is 1.98. The van der Waals surface area contributed by atoms with Gasteiger partial charge in [0.05, 0.1) is 0 Å². The van der Waals surface area contributed by atoms with E-state index in [0.29, 0.717) is 6.42 Å². The number of nitrogens with zero attached hydrogens (tertiary/aromatic N) is 1. The van der Waals surface area contributed by atoms with E-state index in [9.17, 15) is 4.79 Å². The highest BCUT2D eigenvalue weighted by Crippen LogP contribution is 2.41. The van der Waals surface area contributed by atoms with Crippen LogP contribution < -0.4 is 0 Å². The fourth-order valence-electron chi connectivity index (χ4n) is 2.52. The second-order valence-corrected chi connectivity index (χ2v) is 4.65. The lowest BCUT2D eigenvalue weighted by atomic mass is 9.76. The first-order valence-corrected chi connectivity index (χ1v) is 5.63. The van der Waals surface area contributed by atoms with Crippen LogP contribution in [0, 0.1) is 5.92 Å². The van der Waals surface area contributed by atoms with Gasteiger partial charge in [0.1, 0.15) is 5.60 Å². The summed E-state index contributed by atoms with van der Waals surface area (Å²) in [7, 11) is 0. The van der Waals surface area contributed by atoms with Gasteiger partial charge in [0.15, 0.2) is 5.71 Å². The Morgan fingerprint density at radius 1 is 1.60 bits per heavy atom. The van der Waals surface area contributed by atoms with Crippen molar-refractivity contribution in [2.45, 2.75) is 51.0 Å². The highest BCUT2D eigenvalue weighted by atomic mass is 16.7. The number of rotatable bonds is 2. The number of carbonyl (C=O) groups is 1. The van der Waals surface area contributed by atoms with Gasteiger partial charge in [-0.1, -0.05) is 18.5 Å². The minimum Gasteiger partial charge on any atom is -0.477 e. The smallest absolute Gasteiger partial charge is 0.353 e. The van der Waals surface area contributed by atoms with E-state index in [-0.39, 0.29) is 11.3 Å². The first-order valence-electron chi connectivity index (χ1n) is 5.63. The van der Waals surface area contributed by atoms with E-state index in [0.717, 1.165) is 31.6 Å². The van der Waals surface area contributed by atoms with Crippen LogP contribution >= 0.6 is 0 Å². The standard InChI is InChI=1S/C11H17NO3/c1-2-8-3-5-11(6-4-8)7-9(10(13)14)12-15-11/h8H,2-7H2,1H3,(H,13,14). The normalized spacial score (nSPS) is 35.0. The van der Waals surface area contributed by atoms with E-state index < -0.39 is 5.97 Å². The van der Waals surface area contributed by atoms with E-state index in [4.69, 9.17) is 9.94 Å². The van der Waals surface area contributed by atoms with E-state index in [1.54, 1.807) is 0 Å². The summed E-state index contributed by atoms with van der Waals surface area (Å²) < 4.78 is 0. The first kappa shape index (κ1) is 10.5. The zero-order chi connectivity index (χ0) is 10.9. The molecular formula is C11H17NO3. The Bertz CT molecular complexity index is 290. The van der Waals surface area contributed by atoms with E-state index >= 15 is 0 Å². The minimum atomic E-state index is -0.940. The van der Waals surface area contributed by atoms with Crippen LogP contribution in [0.3, 0.4) is 0 Å². The molecule has 1 spiro atoms. The highest BCUT2D eigenvalue weighted by molar-refractivity contribution is 6.36. The molecule has 0 saturated heterocycles. The molecule has 0 aromatic carbocycles. The summed E-state index contributed by atoms with van der Waals surface area (Å²) in [5, 5.41) is 12.5. The molecule has 0 atom stereocenters. The molecule has 2 rings (SSSR count). The molecule has 1 aliphatic heterocycles. The lowest BCUT2D eigenvalue weighted by Gasteiger charge is -2.34. The lowest BCUT2D eigenvalue weighted by molar-refractivity contribution is -0.129. The van der Waals surface area contributed by atoms with Gasteiger partial charge in [-0.05, 0) is 31.6 Å². The molecule has 0 radical (unpaired) electrons. The van der Waals surface area contributed by atoms with E-state index in [1.165, 1.54) is 6.42 Å². The Labute approximate surface area is 89.3 Å². The second kappa shape index (κ2) is 3.83. The summed E-state index contributed by atoms with van der Waals surface area (Å²) in [5.41, 5.74) is -0.0932. The van der Waals surface area contributed by atoms with Crippen molar-refractivity contribution in [3.05, 3.63) is 0 Å². The Hall–Kier alpha value is -1.06. The number of carboxylic acid groups (broad SMARTS) is 1. The fraction of sp³-hybridized carbons (Fsp3) is 0.818. The van der Waals surface area contributed by atoms with Crippen molar-refractivity contribution in [1.29, 1.82) is 0 Å². The van der Waals surface area contributed by atoms with Gasteiger partial charge in [-0.3, -0.25) is 0 Å². The minimum absolute atomic E-state index is 0.185. The Morgan fingerprint density at radius 3 is 2.73 bits per heavy atom. The molecule has 1 heterocycles.